The number of nitrogens with zero attached hydrogens (tertiary/aromatic N) is 2. The molecule has 0 saturated carbocycles. The van der Waals surface area contributed by atoms with Crippen molar-refractivity contribution in [3.63, 3.8) is 0 Å². The fourth-order valence-electron chi connectivity index (χ4n) is 2.75. The molecule has 1 aliphatic heterocycles. The number of pyridine rings is 1. The maximum absolute atomic E-state index is 6.28. The number of rotatable bonds is 5. The van der Waals surface area contributed by atoms with Gasteiger partial charge in [-0.15, -0.1) is 0 Å². The van der Waals surface area contributed by atoms with Gasteiger partial charge >= 0.3 is 0 Å². The molecule has 1 N–H and O–H groups in total. The summed E-state index contributed by atoms with van der Waals surface area (Å²) < 4.78 is 0. The molecule has 2 atom stereocenters. The standard InChI is InChI=1S/C15H24ClN3/c1-4-7-17-15-6-5-13(16)14(18-15)10-19-9-11(2)8-12(19)3/h5-6,11-12H,4,7-10H2,1-3H3,(H,17,18). The van der Waals surface area contributed by atoms with E-state index in [4.69, 9.17) is 11.6 Å². The molecule has 1 aliphatic rings. The Labute approximate surface area is 121 Å². The van der Waals surface area contributed by atoms with Crippen LogP contribution in [-0.2, 0) is 6.54 Å². The van der Waals surface area contributed by atoms with Gasteiger partial charge in [0.05, 0.1) is 10.7 Å². The normalized spacial score (nSPS) is 23.8. The highest BCUT2D eigenvalue weighted by Gasteiger charge is 2.26. The van der Waals surface area contributed by atoms with Gasteiger partial charge in [0.25, 0.3) is 0 Å². The third-order valence-electron chi connectivity index (χ3n) is 3.74. The lowest BCUT2D eigenvalue weighted by Crippen LogP contribution is -2.27. The molecule has 106 valence electrons. The van der Waals surface area contributed by atoms with Crippen molar-refractivity contribution in [2.24, 2.45) is 5.92 Å². The molecule has 0 amide bonds. The van der Waals surface area contributed by atoms with Crippen LogP contribution in [0.25, 0.3) is 0 Å². The number of anilines is 1. The summed E-state index contributed by atoms with van der Waals surface area (Å²) >= 11 is 6.28. The van der Waals surface area contributed by atoms with Crippen LogP contribution in [0.4, 0.5) is 5.82 Å². The van der Waals surface area contributed by atoms with Crippen molar-refractivity contribution >= 4 is 17.4 Å². The van der Waals surface area contributed by atoms with Crippen LogP contribution in [0, 0.1) is 5.92 Å². The first-order valence-electron chi connectivity index (χ1n) is 7.23. The molecule has 19 heavy (non-hydrogen) atoms. The van der Waals surface area contributed by atoms with E-state index < -0.39 is 0 Å². The van der Waals surface area contributed by atoms with Crippen LogP contribution in [0.15, 0.2) is 12.1 Å². The zero-order valence-corrected chi connectivity index (χ0v) is 12.9. The van der Waals surface area contributed by atoms with Crippen molar-refractivity contribution in [3.8, 4) is 0 Å². The number of aromatic nitrogens is 1. The number of halogens is 1. The Hall–Kier alpha value is -0.800. The second-order valence-electron chi connectivity index (χ2n) is 5.67. The fourth-order valence-corrected chi connectivity index (χ4v) is 2.91. The molecule has 0 spiro atoms. The molecule has 0 bridgehead atoms. The Morgan fingerprint density at radius 2 is 2.21 bits per heavy atom. The maximum Gasteiger partial charge on any atom is 0.126 e. The van der Waals surface area contributed by atoms with E-state index in [1.165, 1.54) is 6.42 Å². The summed E-state index contributed by atoms with van der Waals surface area (Å²) in [7, 11) is 0. The summed E-state index contributed by atoms with van der Waals surface area (Å²) in [6.07, 6.45) is 2.37. The first kappa shape index (κ1) is 14.6. The van der Waals surface area contributed by atoms with E-state index in [1.54, 1.807) is 0 Å². The molecule has 2 rings (SSSR count). The van der Waals surface area contributed by atoms with Crippen LogP contribution in [0.2, 0.25) is 5.02 Å². The first-order chi connectivity index (χ1) is 9.10. The Balaban J connectivity index is 2.06. The summed E-state index contributed by atoms with van der Waals surface area (Å²) in [4.78, 5) is 7.12. The Morgan fingerprint density at radius 3 is 2.84 bits per heavy atom. The number of likely N-dealkylation sites (tertiary alicyclic amines) is 1. The lowest BCUT2D eigenvalue weighted by molar-refractivity contribution is 0.254. The summed E-state index contributed by atoms with van der Waals surface area (Å²) in [6.45, 7) is 9.70. The van der Waals surface area contributed by atoms with Crippen LogP contribution in [0.5, 0.6) is 0 Å². The van der Waals surface area contributed by atoms with E-state index in [-0.39, 0.29) is 0 Å². The topological polar surface area (TPSA) is 28.2 Å². The number of hydrogen-bond donors (Lipinski definition) is 1. The molecular weight excluding hydrogens is 258 g/mol. The van der Waals surface area contributed by atoms with E-state index in [9.17, 15) is 0 Å². The van der Waals surface area contributed by atoms with Crippen LogP contribution in [0.1, 0.15) is 39.3 Å². The van der Waals surface area contributed by atoms with Crippen LogP contribution < -0.4 is 5.32 Å². The Kier molecular flexibility index (Phi) is 5.06. The maximum atomic E-state index is 6.28. The number of hydrogen-bond acceptors (Lipinski definition) is 3. The SMILES string of the molecule is CCCNc1ccc(Cl)c(CN2CC(C)CC2C)n1. The van der Waals surface area contributed by atoms with Gasteiger partial charge in [-0.2, -0.15) is 0 Å². The van der Waals surface area contributed by atoms with E-state index in [0.717, 1.165) is 48.5 Å². The molecule has 3 nitrogen and oxygen atoms in total. The molecule has 0 aliphatic carbocycles. The van der Waals surface area contributed by atoms with Gasteiger partial charge in [0.1, 0.15) is 5.82 Å². The van der Waals surface area contributed by atoms with Crippen molar-refractivity contribution in [1.29, 1.82) is 0 Å². The highest BCUT2D eigenvalue weighted by molar-refractivity contribution is 6.31. The molecule has 2 unspecified atom stereocenters. The predicted octanol–water partition coefficient (Wildman–Crippen LogP) is 3.79. The molecule has 4 heteroatoms. The highest BCUT2D eigenvalue weighted by Crippen LogP contribution is 2.26. The molecule has 2 heterocycles. The molecular formula is C15H24ClN3. The smallest absolute Gasteiger partial charge is 0.126 e. The molecule has 1 fully saturated rings. The minimum absolute atomic E-state index is 0.625. The van der Waals surface area contributed by atoms with Crippen LogP contribution >= 0.6 is 11.6 Å². The lowest BCUT2D eigenvalue weighted by atomic mass is 10.1. The van der Waals surface area contributed by atoms with Gasteiger partial charge < -0.3 is 5.32 Å². The van der Waals surface area contributed by atoms with E-state index in [2.05, 4.69) is 36.0 Å². The van der Waals surface area contributed by atoms with Gasteiger partial charge in [0.15, 0.2) is 0 Å². The average Bonchev–Trinajstić information content (AvgIpc) is 2.69. The van der Waals surface area contributed by atoms with Crippen LogP contribution in [0.3, 0.4) is 0 Å². The van der Waals surface area contributed by atoms with Crippen molar-refractivity contribution in [3.05, 3.63) is 22.8 Å². The monoisotopic (exact) mass is 281 g/mol. The second kappa shape index (κ2) is 6.58. The van der Waals surface area contributed by atoms with Crippen molar-refractivity contribution in [2.45, 2.75) is 46.2 Å². The minimum Gasteiger partial charge on any atom is -0.370 e. The predicted molar refractivity (Wildman–Crippen MR) is 81.7 cm³/mol. The summed E-state index contributed by atoms with van der Waals surface area (Å²) in [5.41, 5.74) is 0.990. The summed E-state index contributed by atoms with van der Waals surface area (Å²) in [6, 6.07) is 4.53. The van der Waals surface area contributed by atoms with Gasteiger partial charge in [-0.1, -0.05) is 25.4 Å². The van der Waals surface area contributed by atoms with Crippen molar-refractivity contribution in [1.82, 2.24) is 9.88 Å². The van der Waals surface area contributed by atoms with Crippen molar-refractivity contribution < 1.29 is 0 Å². The fraction of sp³-hybridized carbons (Fsp3) is 0.667. The van der Waals surface area contributed by atoms with Gasteiger partial charge in [-0.3, -0.25) is 4.90 Å². The Bertz CT molecular complexity index is 422. The van der Waals surface area contributed by atoms with Gasteiger partial charge in [-0.25, -0.2) is 4.98 Å². The highest BCUT2D eigenvalue weighted by atomic mass is 35.5. The molecule has 0 radical (unpaired) electrons. The average molecular weight is 282 g/mol. The van der Waals surface area contributed by atoms with Gasteiger partial charge in [0.2, 0.25) is 0 Å². The van der Waals surface area contributed by atoms with Gasteiger partial charge in [0, 0.05) is 25.7 Å². The first-order valence-corrected chi connectivity index (χ1v) is 7.61. The quantitative estimate of drug-likeness (QED) is 0.890. The molecule has 1 saturated heterocycles. The van der Waals surface area contributed by atoms with Crippen LogP contribution in [-0.4, -0.2) is 29.0 Å². The summed E-state index contributed by atoms with van der Waals surface area (Å²) in [5, 5.41) is 4.09. The third kappa shape index (κ3) is 3.83. The summed E-state index contributed by atoms with van der Waals surface area (Å²) in [5.74, 6) is 1.70. The zero-order chi connectivity index (χ0) is 13.8. The minimum atomic E-state index is 0.625. The molecule has 1 aromatic heterocycles. The molecule has 0 aromatic carbocycles. The molecule has 1 aromatic rings. The van der Waals surface area contributed by atoms with E-state index >= 15 is 0 Å². The third-order valence-corrected chi connectivity index (χ3v) is 4.08. The van der Waals surface area contributed by atoms with Gasteiger partial charge in [-0.05, 0) is 37.8 Å². The van der Waals surface area contributed by atoms with E-state index in [1.807, 2.05) is 12.1 Å². The Morgan fingerprint density at radius 1 is 1.42 bits per heavy atom. The van der Waals surface area contributed by atoms with E-state index in [0.29, 0.717) is 6.04 Å². The number of nitrogens with one attached hydrogen (secondary N) is 1. The lowest BCUT2D eigenvalue weighted by Gasteiger charge is -2.21. The van der Waals surface area contributed by atoms with Crippen molar-refractivity contribution in [2.75, 3.05) is 18.4 Å². The largest absolute Gasteiger partial charge is 0.370 e. The zero-order valence-electron chi connectivity index (χ0n) is 12.1. The second-order valence-corrected chi connectivity index (χ2v) is 6.08.